The second kappa shape index (κ2) is 8.22. The van der Waals surface area contributed by atoms with E-state index in [0.717, 1.165) is 22.0 Å². The number of methoxy groups -OCH3 is 1. The number of nitriles is 1. The summed E-state index contributed by atoms with van der Waals surface area (Å²) in [4.78, 5) is 8.92. The van der Waals surface area contributed by atoms with Gasteiger partial charge < -0.3 is 19.1 Å². The molecule has 7 heteroatoms. The zero-order valence-corrected chi connectivity index (χ0v) is 19.8. The predicted octanol–water partition coefficient (Wildman–Crippen LogP) is 4.69. The Kier molecular flexibility index (Phi) is 4.99. The lowest BCUT2D eigenvalue weighted by Crippen LogP contribution is -2.31. The van der Waals surface area contributed by atoms with Crippen molar-refractivity contribution >= 4 is 10.9 Å². The van der Waals surface area contributed by atoms with E-state index in [1.165, 1.54) is 0 Å². The predicted molar refractivity (Wildman–Crippen MR) is 135 cm³/mol. The molecule has 5 aromatic rings. The van der Waals surface area contributed by atoms with E-state index >= 15 is 0 Å². The van der Waals surface area contributed by atoms with Crippen LogP contribution < -0.4 is 9.47 Å². The largest absolute Gasteiger partial charge is 0.489 e. The van der Waals surface area contributed by atoms with Crippen LogP contribution in [0, 0.1) is 11.3 Å². The molecule has 7 nitrogen and oxygen atoms in total. The van der Waals surface area contributed by atoms with Gasteiger partial charge in [-0.1, -0.05) is 24.3 Å². The summed E-state index contributed by atoms with van der Waals surface area (Å²) in [5.41, 5.74) is 4.04. The number of imidazole rings is 1. The third kappa shape index (κ3) is 3.31. The molecule has 0 saturated carbocycles. The minimum atomic E-state index is -1.55. The number of benzene rings is 3. The monoisotopic (exact) mass is 474 g/mol. The third-order valence-electron chi connectivity index (χ3n) is 6.78. The van der Waals surface area contributed by atoms with E-state index < -0.39 is 5.60 Å². The molecule has 3 aromatic carbocycles. The zero-order chi connectivity index (χ0) is 24.9. The average Bonchev–Trinajstić information content (AvgIpc) is 3.36. The number of aryl methyl sites for hydroxylation is 1. The molecular weight excluding hydrogens is 452 g/mol. The second-order valence-electron chi connectivity index (χ2n) is 8.84. The Bertz CT molecular complexity index is 1680. The maximum atomic E-state index is 12.5. The number of pyridine rings is 1. The van der Waals surface area contributed by atoms with Gasteiger partial charge in [0.2, 0.25) is 5.88 Å². The van der Waals surface area contributed by atoms with Gasteiger partial charge in [0.05, 0.1) is 42.5 Å². The summed E-state index contributed by atoms with van der Waals surface area (Å²) in [5, 5.41) is 23.1. The summed E-state index contributed by atoms with van der Waals surface area (Å²) in [6, 6.07) is 23.0. The molecule has 1 N–H and O–H groups in total. The first-order valence-corrected chi connectivity index (χ1v) is 11.5. The van der Waals surface area contributed by atoms with Crippen LogP contribution in [0.2, 0.25) is 0 Å². The molecule has 0 radical (unpaired) electrons. The lowest BCUT2D eigenvalue weighted by Gasteiger charge is -2.30. The van der Waals surface area contributed by atoms with Crippen molar-refractivity contribution in [1.82, 2.24) is 14.5 Å². The van der Waals surface area contributed by atoms with E-state index in [2.05, 4.69) is 16.0 Å². The maximum Gasteiger partial charge on any atom is 0.214 e. The molecule has 0 aliphatic carbocycles. The van der Waals surface area contributed by atoms with Gasteiger partial charge in [-0.25, -0.2) is 9.97 Å². The van der Waals surface area contributed by atoms with Crippen LogP contribution in [0.5, 0.6) is 11.6 Å². The number of ether oxygens (including phenoxy) is 2. The molecule has 0 saturated heterocycles. The molecule has 176 valence electrons. The molecule has 6 bridgehead atoms. The molecule has 0 amide bonds. The van der Waals surface area contributed by atoms with Gasteiger partial charge in [0.15, 0.2) is 5.60 Å². The van der Waals surface area contributed by atoms with Crippen LogP contribution in [-0.4, -0.2) is 26.8 Å². The number of hydrogen-bond donors (Lipinski definition) is 1. The van der Waals surface area contributed by atoms with Crippen molar-refractivity contribution in [2.75, 3.05) is 7.11 Å². The molecule has 1 atom stereocenters. The minimum Gasteiger partial charge on any atom is -0.489 e. The summed E-state index contributed by atoms with van der Waals surface area (Å²) < 4.78 is 13.4. The fourth-order valence-corrected chi connectivity index (χ4v) is 4.90. The summed E-state index contributed by atoms with van der Waals surface area (Å²) in [7, 11) is 3.44. The van der Waals surface area contributed by atoms with Crippen LogP contribution in [0.4, 0.5) is 0 Å². The highest BCUT2D eigenvalue weighted by atomic mass is 16.5. The van der Waals surface area contributed by atoms with Crippen molar-refractivity contribution in [1.29, 1.82) is 5.26 Å². The van der Waals surface area contributed by atoms with Gasteiger partial charge in [0.1, 0.15) is 12.4 Å². The van der Waals surface area contributed by atoms with Gasteiger partial charge >= 0.3 is 0 Å². The van der Waals surface area contributed by atoms with Crippen LogP contribution in [-0.2, 0) is 19.3 Å². The Morgan fingerprint density at radius 2 is 1.92 bits per heavy atom. The first kappa shape index (κ1) is 21.8. The van der Waals surface area contributed by atoms with Crippen molar-refractivity contribution in [3.8, 4) is 28.8 Å². The number of nitrogens with zero attached hydrogens (tertiary/aromatic N) is 4. The van der Waals surface area contributed by atoms with Gasteiger partial charge in [0.25, 0.3) is 0 Å². The number of aliphatic hydroxyl groups is 1. The second-order valence-corrected chi connectivity index (χ2v) is 8.84. The number of fused-ring (bicyclic) bond motifs is 6. The lowest BCUT2D eigenvalue weighted by molar-refractivity contribution is 0.117. The van der Waals surface area contributed by atoms with Crippen LogP contribution in [0.1, 0.15) is 27.9 Å². The Morgan fingerprint density at radius 1 is 1.08 bits per heavy atom. The van der Waals surface area contributed by atoms with Crippen molar-refractivity contribution in [3.63, 3.8) is 0 Å². The number of aromatic nitrogens is 3. The van der Waals surface area contributed by atoms with E-state index in [9.17, 15) is 10.4 Å². The van der Waals surface area contributed by atoms with Crippen LogP contribution >= 0.6 is 0 Å². The van der Waals surface area contributed by atoms with Gasteiger partial charge in [-0.05, 0) is 58.7 Å². The van der Waals surface area contributed by atoms with Gasteiger partial charge in [-0.2, -0.15) is 5.26 Å². The molecule has 1 unspecified atom stereocenters. The van der Waals surface area contributed by atoms with Crippen molar-refractivity contribution in [2.45, 2.75) is 12.2 Å². The van der Waals surface area contributed by atoms with E-state index in [4.69, 9.17) is 9.47 Å². The van der Waals surface area contributed by atoms with Gasteiger partial charge in [-0.3, -0.25) is 0 Å². The Morgan fingerprint density at radius 3 is 2.69 bits per heavy atom. The van der Waals surface area contributed by atoms with Crippen molar-refractivity contribution in [2.24, 2.45) is 7.05 Å². The van der Waals surface area contributed by atoms with Gasteiger partial charge in [0, 0.05) is 24.1 Å². The van der Waals surface area contributed by atoms with Crippen LogP contribution in [0.25, 0.3) is 22.0 Å². The Hall–Kier alpha value is -4.67. The molecule has 1 aliphatic heterocycles. The van der Waals surface area contributed by atoms with E-state index in [1.807, 2.05) is 61.6 Å². The average molecular weight is 475 g/mol. The fraction of sp³-hybridized carbons (Fsp3) is 0.138. The zero-order valence-electron chi connectivity index (χ0n) is 19.8. The summed E-state index contributed by atoms with van der Waals surface area (Å²) >= 11 is 0. The molecule has 2 aromatic heterocycles. The SMILES string of the molecule is COc1cc2c3cc(ccc3n1)C(O)(c1cncn1C)c1ccc(C#N)c(c1)COc1cccc-2c1. The van der Waals surface area contributed by atoms with Gasteiger partial charge in [-0.15, -0.1) is 0 Å². The molecule has 0 spiro atoms. The maximum absolute atomic E-state index is 12.5. The van der Waals surface area contributed by atoms with E-state index in [-0.39, 0.29) is 6.61 Å². The normalized spacial score (nSPS) is 16.4. The Labute approximate surface area is 207 Å². The van der Waals surface area contributed by atoms with Crippen LogP contribution in [0.15, 0.2) is 79.3 Å². The summed E-state index contributed by atoms with van der Waals surface area (Å²) in [5.74, 6) is 1.16. The molecule has 0 fully saturated rings. The summed E-state index contributed by atoms with van der Waals surface area (Å²) in [6.07, 6.45) is 3.32. The standard InChI is InChI=1S/C29H22N4O3/c1-33-17-31-15-27(33)29(34)21-7-6-19(14-30)20(10-21)16-36-23-5-3-4-18(11-23)24-13-28(35-2)32-26-9-8-22(29)12-25(24)26/h3-13,15,17,34H,16H2,1-2H3. The number of rotatable bonds is 2. The first-order chi connectivity index (χ1) is 17.5. The lowest BCUT2D eigenvalue weighted by atomic mass is 9.81. The Balaban J connectivity index is 1.74. The quantitative estimate of drug-likeness (QED) is 0.399. The highest BCUT2D eigenvalue weighted by molar-refractivity contribution is 5.96. The highest BCUT2D eigenvalue weighted by Crippen LogP contribution is 2.41. The molecule has 36 heavy (non-hydrogen) atoms. The van der Waals surface area contributed by atoms with Crippen molar-refractivity contribution in [3.05, 3.63) is 107 Å². The van der Waals surface area contributed by atoms with Crippen molar-refractivity contribution < 1.29 is 14.6 Å². The minimum absolute atomic E-state index is 0.175. The fourth-order valence-electron chi connectivity index (χ4n) is 4.90. The third-order valence-corrected chi connectivity index (χ3v) is 6.78. The van der Waals surface area contributed by atoms with E-state index in [1.54, 1.807) is 36.3 Å². The molecule has 6 rings (SSSR count). The number of hydrogen-bond acceptors (Lipinski definition) is 6. The first-order valence-electron chi connectivity index (χ1n) is 11.5. The highest BCUT2D eigenvalue weighted by Gasteiger charge is 2.37. The summed E-state index contributed by atoms with van der Waals surface area (Å²) in [6.45, 7) is 0.175. The van der Waals surface area contributed by atoms with E-state index in [0.29, 0.717) is 39.6 Å². The van der Waals surface area contributed by atoms with Crippen LogP contribution in [0.3, 0.4) is 0 Å². The molecule has 1 aliphatic rings. The molecular formula is C29H22N4O3. The smallest absolute Gasteiger partial charge is 0.214 e. The molecule has 3 heterocycles. The topological polar surface area (TPSA) is 93.2 Å².